The second-order valence-electron chi connectivity index (χ2n) is 4.78. The molecule has 0 N–H and O–H groups in total. The van der Waals surface area contributed by atoms with Gasteiger partial charge in [0.25, 0.3) is 0 Å². The molecule has 1 aromatic carbocycles. The Bertz CT molecular complexity index is 500. The van der Waals surface area contributed by atoms with Gasteiger partial charge in [0.1, 0.15) is 12.4 Å². The highest BCUT2D eigenvalue weighted by atomic mass is 35.5. The van der Waals surface area contributed by atoms with Crippen LogP contribution in [0.5, 0.6) is 0 Å². The van der Waals surface area contributed by atoms with Gasteiger partial charge < -0.3 is 4.74 Å². The first-order chi connectivity index (χ1) is 8.95. The summed E-state index contributed by atoms with van der Waals surface area (Å²) < 4.78 is 5.89. The summed E-state index contributed by atoms with van der Waals surface area (Å²) in [5.74, 6) is 0.872. The van der Waals surface area contributed by atoms with E-state index in [1.807, 2.05) is 58.0 Å². The minimum atomic E-state index is 0.479. The van der Waals surface area contributed by atoms with Gasteiger partial charge in [0.2, 0.25) is 0 Å². The normalized spacial score (nSPS) is 11.1. The molecule has 0 heterocycles. The molecule has 0 unspecified atom stereocenters. The quantitative estimate of drug-likeness (QED) is 0.503. The van der Waals surface area contributed by atoms with Crippen LogP contribution in [0.25, 0.3) is 0 Å². The molecule has 1 nitrogen and oxygen atoms in total. The van der Waals surface area contributed by atoms with E-state index in [1.165, 1.54) is 0 Å². The van der Waals surface area contributed by atoms with Crippen LogP contribution in [0.4, 0.5) is 0 Å². The Morgan fingerprint density at radius 3 is 2.53 bits per heavy atom. The van der Waals surface area contributed by atoms with Crippen LogP contribution in [-0.2, 0) is 11.3 Å². The number of hydrogen-bond acceptors (Lipinski definition) is 1. The van der Waals surface area contributed by atoms with Crippen LogP contribution >= 0.6 is 11.6 Å². The van der Waals surface area contributed by atoms with Crippen molar-refractivity contribution in [2.75, 3.05) is 0 Å². The lowest BCUT2D eigenvalue weighted by atomic mass is 10.1. The van der Waals surface area contributed by atoms with E-state index >= 15 is 0 Å². The maximum atomic E-state index is 6.20. The molecule has 2 heteroatoms. The van der Waals surface area contributed by atoms with Crippen molar-refractivity contribution in [1.29, 1.82) is 0 Å². The van der Waals surface area contributed by atoms with Gasteiger partial charge in [0.15, 0.2) is 0 Å². The van der Waals surface area contributed by atoms with E-state index in [1.54, 1.807) is 0 Å². The summed E-state index contributed by atoms with van der Waals surface area (Å²) in [4.78, 5) is 0. The van der Waals surface area contributed by atoms with E-state index < -0.39 is 0 Å². The fraction of sp³-hybridized carbons (Fsp3) is 0.294. The lowest BCUT2D eigenvalue weighted by Gasteiger charge is -2.13. The summed E-state index contributed by atoms with van der Waals surface area (Å²) in [7, 11) is 0. The summed E-state index contributed by atoms with van der Waals surface area (Å²) in [6, 6.07) is 5.88. The third kappa shape index (κ3) is 4.60. The zero-order chi connectivity index (χ0) is 14.4. The van der Waals surface area contributed by atoms with Crippen molar-refractivity contribution in [1.82, 2.24) is 0 Å². The van der Waals surface area contributed by atoms with Gasteiger partial charge in [-0.1, -0.05) is 36.4 Å². The number of ether oxygens (including phenoxy) is 1. The molecular weight excluding hydrogens is 256 g/mol. The number of aryl methyl sites for hydroxylation is 1. The molecule has 0 aliphatic heterocycles. The number of allylic oxidation sites excluding steroid dienone is 4. The monoisotopic (exact) mass is 276 g/mol. The van der Waals surface area contributed by atoms with Crippen LogP contribution < -0.4 is 0 Å². The molecule has 102 valence electrons. The smallest absolute Gasteiger partial charge is 0.118 e. The molecule has 0 radical (unpaired) electrons. The largest absolute Gasteiger partial charge is 0.489 e. The first-order valence-corrected chi connectivity index (χ1v) is 6.68. The van der Waals surface area contributed by atoms with Gasteiger partial charge in [-0.2, -0.15) is 0 Å². The van der Waals surface area contributed by atoms with Gasteiger partial charge >= 0.3 is 0 Å². The van der Waals surface area contributed by atoms with Crippen molar-refractivity contribution in [2.45, 2.75) is 34.3 Å². The molecule has 1 aromatic rings. The number of hydrogen-bond donors (Lipinski definition) is 0. The van der Waals surface area contributed by atoms with Gasteiger partial charge in [0, 0.05) is 10.6 Å². The molecule has 0 saturated heterocycles. The second-order valence-corrected chi connectivity index (χ2v) is 5.19. The number of rotatable bonds is 5. The third-order valence-electron chi connectivity index (χ3n) is 2.90. The van der Waals surface area contributed by atoms with Crippen LogP contribution in [0.15, 0.2) is 53.8 Å². The average molecular weight is 277 g/mol. The van der Waals surface area contributed by atoms with E-state index in [0.717, 1.165) is 33.1 Å². The van der Waals surface area contributed by atoms with Crippen molar-refractivity contribution in [3.63, 3.8) is 0 Å². The molecule has 0 aliphatic rings. The van der Waals surface area contributed by atoms with Crippen LogP contribution in [0, 0.1) is 6.92 Å². The summed E-state index contributed by atoms with van der Waals surface area (Å²) in [5.41, 5.74) is 4.38. The predicted octanol–water partition coefficient (Wildman–Crippen LogP) is 5.59. The van der Waals surface area contributed by atoms with Gasteiger partial charge in [-0.05, 0) is 56.5 Å². The lowest BCUT2D eigenvalue weighted by molar-refractivity contribution is 0.207. The van der Waals surface area contributed by atoms with E-state index in [4.69, 9.17) is 16.3 Å². The third-order valence-corrected chi connectivity index (χ3v) is 3.25. The Morgan fingerprint density at radius 1 is 1.32 bits per heavy atom. The molecule has 0 saturated carbocycles. The molecule has 0 spiro atoms. The van der Waals surface area contributed by atoms with Crippen molar-refractivity contribution >= 4 is 11.6 Å². The zero-order valence-corrected chi connectivity index (χ0v) is 12.8. The van der Waals surface area contributed by atoms with E-state index in [2.05, 4.69) is 6.58 Å². The minimum Gasteiger partial charge on any atom is -0.489 e. The van der Waals surface area contributed by atoms with E-state index in [9.17, 15) is 0 Å². The zero-order valence-electron chi connectivity index (χ0n) is 12.1. The minimum absolute atomic E-state index is 0.479. The van der Waals surface area contributed by atoms with Gasteiger partial charge in [-0.3, -0.25) is 0 Å². The van der Waals surface area contributed by atoms with Crippen LogP contribution in [0.3, 0.4) is 0 Å². The van der Waals surface area contributed by atoms with Crippen LogP contribution in [0.2, 0.25) is 5.02 Å². The van der Waals surface area contributed by atoms with Crippen LogP contribution in [0.1, 0.15) is 31.9 Å². The maximum absolute atomic E-state index is 6.20. The summed E-state index contributed by atoms with van der Waals surface area (Å²) in [5, 5.41) is 0.748. The average Bonchev–Trinajstić information content (AvgIpc) is 2.36. The van der Waals surface area contributed by atoms with Crippen molar-refractivity contribution in [3.8, 4) is 0 Å². The predicted molar refractivity (Wildman–Crippen MR) is 83.3 cm³/mol. The Labute approximate surface area is 121 Å². The number of benzene rings is 1. The first kappa shape index (κ1) is 15.6. The highest BCUT2D eigenvalue weighted by Gasteiger charge is 2.06. The highest BCUT2D eigenvalue weighted by Crippen LogP contribution is 2.22. The Kier molecular flexibility index (Phi) is 5.91. The molecule has 0 aliphatic carbocycles. The van der Waals surface area contributed by atoms with Crippen LogP contribution in [-0.4, -0.2) is 0 Å². The van der Waals surface area contributed by atoms with Crippen molar-refractivity contribution in [3.05, 3.63) is 70.0 Å². The molecule has 0 atom stereocenters. The first-order valence-electron chi connectivity index (χ1n) is 6.30. The molecule has 19 heavy (non-hydrogen) atoms. The molecule has 1 rings (SSSR count). The molecule has 0 amide bonds. The lowest BCUT2D eigenvalue weighted by Crippen LogP contribution is -1.97. The fourth-order valence-electron chi connectivity index (χ4n) is 1.60. The Balaban J connectivity index is 2.90. The number of halogens is 1. The van der Waals surface area contributed by atoms with Crippen molar-refractivity contribution in [2.24, 2.45) is 0 Å². The summed E-state index contributed by atoms with van der Waals surface area (Å²) in [6.07, 6.45) is 3.81. The van der Waals surface area contributed by atoms with E-state index in [0.29, 0.717) is 6.61 Å². The second kappa shape index (κ2) is 7.20. The Hall–Kier alpha value is -1.47. The van der Waals surface area contributed by atoms with Gasteiger partial charge in [0.05, 0.1) is 0 Å². The topological polar surface area (TPSA) is 9.23 Å². The van der Waals surface area contributed by atoms with E-state index in [-0.39, 0.29) is 0 Å². The van der Waals surface area contributed by atoms with Gasteiger partial charge in [-0.15, -0.1) is 0 Å². The fourth-order valence-corrected chi connectivity index (χ4v) is 1.87. The summed E-state index contributed by atoms with van der Waals surface area (Å²) in [6.45, 7) is 12.3. The SMILES string of the molecule is C=C/C(C)=C\C(OCc1c(C)cccc1Cl)=C(C)C. The summed E-state index contributed by atoms with van der Waals surface area (Å²) >= 11 is 6.20. The Morgan fingerprint density at radius 2 is 2.00 bits per heavy atom. The molecule has 0 fully saturated rings. The van der Waals surface area contributed by atoms with Crippen molar-refractivity contribution < 1.29 is 4.74 Å². The standard InChI is InChI=1S/C17H21ClO/c1-6-13(4)10-17(12(2)3)19-11-15-14(5)8-7-9-16(15)18/h6-10H,1,11H2,2-5H3/b13-10-. The molecule has 0 bridgehead atoms. The van der Waals surface area contributed by atoms with Gasteiger partial charge in [-0.25, -0.2) is 0 Å². The molecular formula is C17H21ClO. The highest BCUT2D eigenvalue weighted by molar-refractivity contribution is 6.31. The molecule has 0 aromatic heterocycles. The maximum Gasteiger partial charge on any atom is 0.118 e.